The maximum Gasteiger partial charge on any atom is 0.0449 e. The van der Waals surface area contributed by atoms with Crippen molar-refractivity contribution in [3.8, 4) is 0 Å². The fourth-order valence-electron chi connectivity index (χ4n) is 1.45. The lowest BCUT2D eigenvalue weighted by Crippen LogP contribution is -2.12. The second-order valence-corrected chi connectivity index (χ2v) is 3.94. The average Bonchev–Trinajstić information content (AvgIpc) is 2.18. The van der Waals surface area contributed by atoms with E-state index in [0.29, 0.717) is 12.3 Å². The molecule has 0 aliphatic carbocycles. The van der Waals surface area contributed by atoms with Crippen LogP contribution in [0.5, 0.6) is 0 Å². The summed E-state index contributed by atoms with van der Waals surface area (Å²) in [5, 5.41) is 8.80. The molecule has 0 saturated heterocycles. The molecule has 1 rings (SSSR count). The molecular weight excluding hydrogens is 210 g/mol. The SMILES string of the molecule is CC(C)c1cccc([C@H](N)CCO)c1.Cl. The van der Waals surface area contributed by atoms with Gasteiger partial charge in [0.05, 0.1) is 0 Å². The summed E-state index contributed by atoms with van der Waals surface area (Å²) < 4.78 is 0. The van der Waals surface area contributed by atoms with Gasteiger partial charge in [-0.1, -0.05) is 38.1 Å². The lowest BCUT2D eigenvalue weighted by molar-refractivity contribution is 0.276. The quantitative estimate of drug-likeness (QED) is 0.834. The fourth-order valence-corrected chi connectivity index (χ4v) is 1.45. The van der Waals surface area contributed by atoms with Crippen LogP contribution in [0.2, 0.25) is 0 Å². The van der Waals surface area contributed by atoms with Gasteiger partial charge in [0, 0.05) is 12.6 Å². The topological polar surface area (TPSA) is 46.2 Å². The van der Waals surface area contributed by atoms with Gasteiger partial charge in [-0.3, -0.25) is 0 Å². The van der Waals surface area contributed by atoms with E-state index in [-0.39, 0.29) is 25.1 Å². The summed E-state index contributed by atoms with van der Waals surface area (Å²) >= 11 is 0. The Morgan fingerprint density at radius 3 is 2.40 bits per heavy atom. The average molecular weight is 230 g/mol. The van der Waals surface area contributed by atoms with Crippen LogP contribution in [-0.2, 0) is 0 Å². The zero-order valence-corrected chi connectivity index (χ0v) is 10.1. The molecule has 0 heterocycles. The van der Waals surface area contributed by atoms with E-state index in [1.165, 1.54) is 5.56 Å². The highest BCUT2D eigenvalue weighted by molar-refractivity contribution is 5.85. The van der Waals surface area contributed by atoms with Crippen LogP contribution in [0, 0.1) is 0 Å². The Hall–Kier alpha value is -0.570. The van der Waals surface area contributed by atoms with E-state index in [1.54, 1.807) is 0 Å². The van der Waals surface area contributed by atoms with E-state index in [0.717, 1.165) is 5.56 Å². The number of aliphatic hydroxyl groups excluding tert-OH is 1. The Labute approximate surface area is 97.9 Å². The minimum absolute atomic E-state index is 0. The van der Waals surface area contributed by atoms with Crippen molar-refractivity contribution < 1.29 is 5.11 Å². The molecule has 15 heavy (non-hydrogen) atoms. The van der Waals surface area contributed by atoms with Crippen molar-refractivity contribution in [2.24, 2.45) is 5.73 Å². The summed E-state index contributed by atoms with van der Waals surface area (Å²) in [5.74, 6) is 0.524. The van der Waals surface area contributed by atoms with Crippen molar-refractivity contribution >= 4 is 12.4 Å². The third-order valence-electron chi connectivity index (χ3n) is 2.45. The molecule has 0 amide bonds. The van der Waals surface area contributed by atoms with Crippen molar-refractivity contribution in [3.63, 3.8) is 0 Å². The molecule has 0 fully saturated rings. The predicted octanol–water partition coefficient (Wildman–Crippen LogP) is 2.61. The molecule has 0 unspecified atom stereocenters. The second kappa shape index (κ2) is 6.83. The first-order valence-corrected chi connectivity index (χ1v) is 5.11. The fraction of sp³-hybridized carbons (Fsp3) is 0.500. The molecule has 0 bridgehead atoms. The van der Waals surface area contributed by atoms with Crippen LogP contribution >= 0.6 is 12.4 Å². The lowest BCUT2D eigenvalue weighted by Gasteiger charge is -2.13. The van der Waals surface area contributed by atoms with Crippen LogP contribution in [0.1, 0.15) is 43.4 Å². The molecule has 1 atom stereocenters. The monoisotopic (exact) mass is 229 g/mol. The number of benzene rings is 1. The van der Waals surface area contributed by atoms with Crippen molar-refractivity contribution in [1.82, 2.24) is 0 Å². The minimum Gasteiger partial charge on any atom is -0.396 e. The minimum atomic E-state index is -0.0429. The zero-order valence-electron chi connectivity index (χ0n) is 9.31. The van der Waals surface area contributed by atoms with Crippen LogP contribution < -0.4 is 5.73 Å². The van der Waals surface area contributed by atoms with Gasteiger partial charge in [0.1, 0.15) is 0 Å². The van der Waals surface area contributed by atoms with E-state index >= 15 is 0 Å². The van der Waals surface area contributed by atoms with E-state index in [4.69, 9.17) is 10.8 Å². The highest BCUT2D eigenvalue weighted by Gasteiger charge is 2.06. The summed E-state index contributed by atoms with van der Waals surface area (Å²) in [6.45, 7) is 4.47. The van der Waals surface area contributed by atoms with Crippen LogP contribution in [0.15, 0.2) is 24.3 Å². The smallest absolute Gasteiger partial charge is 0.0449 e. The van der Waals surface area contributed by atoms with Gasteiger partial charge in [0.2, 0.25) is 0 Å². The summed E-state index contributed by atoms with van der Waals surface area (Å²) in [7, 11) is 0. The summed E-state index contributed by atoms with van der Waals surface area (Å²) in [6.07, 6.45) is 0.627. The van der Waals surface area contributed by atoms with Gasteiger partial charge in [-0.15, -0.1) is 12.4 Å². The highest BCUT2D eigenvalue weighted by atomic mass is 35.5. The second-order valence-electron chi connectivity index (χ2n) is 3.94. The number of hydrogen-bond acceptors (Lipinski definition) is 2. The van der Waals surface area contributed by atoms with Gasteiger partial charge in [-0.25, -0.2) is 0 Å². The molecular formula is C12H20ClNO. The predicted molar refractivity (Wildman–Crippen MR) is 66.4 cm³/mol. The van der Waals surface area contributed by atoms with E-state index < -0.39 is 0 Å². The largest absolute Gasteiger partial charge is 0.396 e. The lowest BCUT2D eigenvalue weighted by atomic mass is 9.97. The van der Waals surface area contributed by atoms with Gasteiger partial charge in [-0.2, -0.15) is 0 Å². The van der Waals surface area contributed by atoms with Gasteiger partial charge < -0.3 is 10.8 Å². The molecule has 0 aliphatic heterocycles. The van der Waals surface area contributed by atoms with Crippen LogP contribution in [0.25, 0.3) is 0 Å². The highest BCUT2D eigenvalue weighted by Crippen LogP contribution is 2.20. The molecule has 0 spiro atoms. The first-order chi connectivity index (χ1) is 6.65. The first-order valence-electron chi connectivity index (χ1n) is 5.11. The Bertz CT molecular complexity index is 289. The first kappa shape index (κ1) is 14.4. The van der Waals surface area contributed by atoms with E-state index in [1.807, 2.05) is 12.1 Å². The Morgan fingerprint density at radius 2 is 1.87 bits per heavy atom. The van der Waals surface area contributed by atoms with Gasteiger partial charge >= 0.3 is 0 Å². The molecule has 1 aromatic carbocycles. The Balaban J connectivity index is 0.00000196. The molecule has 86 valence electrons. The van der Waals surface area contributed by atoms with Gasteiger partial charge in [-0.05, 0) is 23.5 Å². The number of rotatable bonds is 4. The number of hydrogen-bond donors (Lipinski definition) is 2. The normalized spacial score (nSPS) is 12.3. The Kier molecular flexibility index (Phi) is 6.57. The van der Waals surface area contributed by atoms with E-state index in [2.05, 4.69) is 26.0 Å². The number of aliphatic hydroxyl groups is 1. The van der Waals surface area contributed by atoms with Crippen LogP contribution in [0.4, 0.5) is 0 Å². The molecule has 3 N–H and O–H groups in total. The number of nitrogens with two attached hydrogens (primary N) is 1. The van der Waals surface area contributed by atoms with E-state index in [9.17, 15) is 0 Å². The summed E-state index contributed by atoms with van der Waals surface area (Å²) in [5.41, 5.74) is 8.33. The van der Waals surface area contributed by atoms with Crippen molar-refractivity contribution in [3.05, 3.63) is 35.4 Å². The Morgan fingerprint density at radius 1 is 1.27 bits per heavy atom. The number of halogens is 1. The standard InChI is InChI=1S/C12H19NO.ClH/c1-9(2)10-4-3-5-11(8-10)12(13)6-7-14;/h3-5,8-9,12,14H,6-7,13H2,1-2H3;1H/t12-;/m1./s1. The molecule has 0 aromatic heterocycles. The molecule has 0 saturated carbocycles. The van der Waals surface area contributed by atoms with Crippen molar-refractivity contribution in [2.75, 3.05) is 6.61 Å². The third kappa shape index (κ3) is 4.20. The van der Waals surface area contributed by atoms with Gasteiger partial charge in [0.25, 0.3) is 0 Å². The van der Waals surface area contributed by atoms with Gasteiger partial charge in [0.15, 0.2) is 0 Å². The third-order valence-corrected chi connectivity index (χ3v) is 2.45. The molecule has 3 heteroatoms. The van der Waals surface area contributed by atoms with Crippen LogP contribution in [0.3, 0.4) is 0 Å². The zero-order chi connectivity index (χ0) is 10.6. The van der Waals surface area contributed by atoms with Crippen molar-refractivity contribution in [2.45, 2.75) is 32.2 Å². The molecule has 1 aromatic rings. The molecule has 0 radical (unpaired) electrons. The summed E-state index contributed by atoms with van der Waals surface area (Å²) in [4.78, 5) is 0. The maximum atomic E-state index is 8.80. The molecule has 0 aliphatic rings. The maximum absolute atomic E-state index is 8.80. The molecule has 2 nitrogen and oxygen atoms in total. The summed E-state index contributed by atoms with van der Waals surface area (Å²) in [6, 6.07) is 8.25. The van der Waals surface area contributed by atoms with Crippen LogP contribution in [-0.4, -0.2) is 11.7 Å². The van der Waals surface area contributed by atoms with Crippen molar-refractivity contribution in [1.29, 1.82) is 0 Å².